The summed E-state index contributed by atoms with van der Waals surface area (Å²) >= 11 is 1.97. The van der Waals surface area contributed by atoms with Crippen LogP contribution in [0.15, 0.2) is 23.0 Å². The molecule has 1 aromatic heterocycles. The summed E-state index contributed by atoms with van der Waals surface area (Å²) in [7, 11) is 0. The Hall–Kier alpha value is -1.18. The van der Waals surface area contributed by atoms with Crippen molar-refractivity contribution in [3.05, 3.63) is 24.2 Å². The van der Waals surface area contributed by atoms with E-state index in [9.17, 15) is 4.79 Å². The van der Waals surface area contributed by atoms with Gasteiger partial charge in [-0.3, -0.25) is 4.90 Å². The normalized spacial score (nSPS) is 26.0. The molecule has 1 aromatic rings. The number of thioether (sulfide) groups is 1. The number of nitrogens with one attached hydrogen (secondary N) is 2. The van der Waals surface area contributed by atoms with Gasteiger partial charge in [0.1, 0.15) is 0 Å². The number of furan rings is 1. The second-order valence-electron chi connectivity index (χ2n) is 5.79. The summed E-state index contributed by atoms with van der Waals surface area (Å²) in [5.41, 5.74) is 1.05. The molecule has 3 rings (SSSR count). The summed E-state index contributed by atoms with van der Waals surface area (Å²) in [5, 5.41) is 5.92. The molecule has 0 aliphatic carbocycles. The SMILES string of the molecule is O=C(NCc1ccoc1)NC[C@]1(N2CCOCC2)CCSC1. The van der Waals surface area contributed by atoms with Crippen molar-refractivity contribution in [3.63, 3.8) is 0 Å². The van der Waals surface area contributed by atoms with Crippen LogP contribution in [-0.4, -0.2) is 60.8 Å². The Kier molecular flexibility index (Phi) is 5.28. The zero-order chi connectivity index (χ0) is 15.3. The topological polar surface area (TPSA) is 66.7 Å². The molecule has 0 saturated carbocycles. The van der Waals surface area contributed by atoms with Crippen molar-refractivity contribution < 1.29 is 13.9 Å². The first-order valence-electron chi connectivity index (χ1n) is 7.72. The van der Waals surface area contributed by atoms with Gasteiger partial charge in [0.05, 0.1) is 25.7 Å². The van der Waals surface area contributed by atoms with Crippen molar-refractivity contribution in [2.75, 3.05) is 44.4 Å². The highest BCUT2D eigenvalue weighted by Gasteiger charge is 2.40. The quantitative estimate of drug-likeness (QED) is 0.854. The molecule has 2 amide bonds. The van der Waals surface area contributed by atoms with Crippen molar-refractivity contribution in [1.29, 1.82) is 0 Å². The third-order valence-electron chi connectivity index (χ3n) is 4.38. The Balaban J connectivity index is 1.49. The maximum absolute atomic E-state index is 12.0. The number of urea groups is 1. The molecule has 22 heavy (non-hydrogen) atoms. The second-order valence-corrected chi connectivity index (χ2v) is 6.90. The van der Waals surface area contributed by atoms with E-state index in [2.05, 4.69) is 15.5 Å². The van der Waals surface area contributed by atoms with Gasteiger partial charge in [0.15, 0.2) is 0 Å². The van der Waals surface area contributed by atoms with Crippen molar-refractivity contribution in [2.24, 2.45) is 0 Å². The van der Waals surface area contributed by atoms with Crippen LogP contribution in [0.4, 0.5) is 4.79 Å². The van der Waals surface area contributed by atoms with E-state index in [0.717, 1.165) is 49.8 Å². The van der Waals surface area contributed by atoms with Crippen LogP contribution in [0.2, 0.25) is 0 Å². The number of hydrogen-bond acceptors (Lipinski definition) is 5. The summed E-state index contributed by atoms with van der Waals surface area (Å²) in [5.74, 6) is 2.24. The largest absolute Gasteiger partial charge is 0.472 e. The van der Waals surface area contributed by atoms with Crippen molar-refractivity contribution in [2.45, 2.75) is 18.5 Å². The molecular weight excluding hydrogens is 302 g/mol. The van der Waals surface area contributed by atoms with Gasteiger partial charge < -0.3 is 19.8 Å². The highest BCUT2D eigenvalue weighted by molar-refractivity contribution is 7.99. The molecule has 0 bridgehead atoms. The second kappa shape index (κ2) is 7.39. The molecule has 0 spiro atoms. The van der Waals surface area contributed by atoms with Gasteiger partial charge >= 0.3 is 6.03 Å². The van der Waals surface area contributed by atoms with Crippen LogP contribution in [0, 0.1) is 0 Å². The fraction of sp³-hybridized carbons (Fsp3) is 0.667. The minimum Gasteiger partial charge on any atom is -0.472 e. The molecule has 2 aliphatic rings. The zero-order valence-corrected chi connectivity index (χ0v) is 13.5. The van der Waals surface area contributed by atoms with Crippen LogP contribution in [-0.2, 0) is 11.3 Å². The van der Waals surface area contributed by atoms with Gasteiger partial charge in [-0.05, 0) is 18.2 Å². The van der Waals surface area contributed by atoms with E-state index >= 15 is 0 Å². The van der Waals surface area contributed by atoms with Gasteiger partial charge in [-0.2, -0.15) is 11.8 Å². The van der Waals surface area contributed by atoms with Crippen LogP contribution in [0.5, 0.6) is 0 Å². The smallest absolute Gasteiger partial charge is 0.315 e. The standard InChI is InChI=1S/C15H23N3O3S/c19-14(16-9-13-1-5-21-10-13)17-11-15(2-8-22-12-15)18-3-6-20-7-4-18/h1,5,10H,2-4,6-9,11-12H2,(H2,16,17,19)/t15-/m1/s1. The van der Waals surface area contributed by atoms with Crippen LogP contribution < -0.4 is 10.6 Å². The third-order valence-corrected chi connectivity index (χ3v) is 5.61. The summed E-state index contributed by atoms with van der Waals surface area (Å²) < 4.78 is 10.4. The third kappa shape index (κ3) is 3.77. The minimum absolute atomic E-state index is 0.0847. The molecule has 2 aliphatic heterocycles. The highest BCUT2D eigenvalue weighted by Crippen LogP contribution is 2.33. The lowest BCUT2D eigenvalue weighted by atomic mass is 9.95. The van der Waals surface area contributed by atoms with Gasteiger partial charge in [0.2, 0.25) is 0 Å². The average Bonchev–Trinajstić information content (AvgIpc) is 3.24. The summed E-state index contributed by atoms with van der Waals surface area (Å²) in [6, 6.07) is 1.73. The number of morpholine rings is 1. The van der Waals surface area contributed by atoms with Crippen LogP contribution in [0.3, 0.4) is 0 Å². The van der Waals surface area contributed by atoms with Crippen molar-refractivity contribution in [3.8, 4) is 0 Å². The zero-order valence-electron chi connectivity index (χ0n) is 12.7. The first kappa shape index (κ1) is 15.7. The first-order valence-corrected chi connectivity index (χ1v) is 8.87. The lowest BCUT2D eigenvalue weighted by Gasteiger charge is -2.43. The number of ether oxygens (including phenoxy) is 1. The Labute approximate surface area is 134 Å². The predicted octanol–water partition coefficient (Wildman–Crippen LogP) is 1.29. The summed E-state index contributed by atoms with van der Waals surface area (Å²) in [6.07, 6.45) is 4.38. The molecule has 3 heterocycles. The van der Waals surface area contributed by atoms with Gasteiger partial charge in [0, 0.05) is 43.0 Å². The van der Waals surface area contributed by atoms with Gasteiger partial charge in [0.25, 0.3) is 0 Å². The summed E-state index contributed by atoms with van der Waals surface area (Å²) in [6.45, 7) is 4.68. The van der Waals surface area contributed by atoms with E-state index in [1.165, 1.54) is 0 Å². The van der Waals surface area contributed by atoms with Crippen molar-refractivity contribution in [1.82, 2.24) is 15.5 Å². The van der Waals surface area contributed by atoms with Crippen LogP contribution in [0.1, 0.15) is 12.0 Å². The number of nitrogens with zero attached hydrogens (tertiary/aromatic N) is 1. The molecule has 0 radical (unpaired) electrons. The van der Waals surface area contributed by atoms with Gasteiger partial charge in [-0.1, -0.05) is 0 Å². The molecule has 1 atom stereocenters. The van der Waals surface area contributed by atoms with E-state index < -0.39 is 0 Å². The van der Waals surface area contributed by atoms with E-state index in [4.69, 9.17) is 9.15 Å². The van der Waals surface area contributed by atoms with E-state index in [1.807, 2.05) is 17.8 Å². The number of carbonyl (C=O) groups is 1. The molecule has 7 heteroatoms. The molecule has 2 fully saturated rings. The van der Waals surface area contributed by atoms with Gasteiger partial charge in [-0.15, -0.1) is 0 Å². The number of amides is 2. The molecule has 0 unspecified atom stereocenters. The maximum Gasteiger partial charge on any atom is 0.315 e. The van der Waals surface area contributed by atoms with Crippen LogP contribution >= 0.6 is 11.8 Å². The fourth-order valence-electron chi connectivity index (χ4n) is 3.02. The van der Waals surface area contributed by atoms with Gasteiger partial charge in [-0.25, -0.2) is 4.79 Å². The molecule has 0 aromatic carbocycles. The fourth-order valence-corrected chi connectivity index (χ4v) is 4.50. The minimum atomic E-state index is -0.120. The molecule has 6 nitrogen and oxygen atoms in total. The highest BCUT2D eigenvalue weighted by atomic mass is 32.2. The van der Waals surface area contributed by atoms with E-state index in [-0.39, 0.29) is 11.6 Å². The van der Waals surface area contributed by atoms with E-state index in [1.54, 1.807) is 12.5 Å². The molecule has 122 valence electrons. The van der Waals surface area contributed by atoms with Crippen molar-refractivity contribution >= 4 is 17.8 Å². The summed E-state index contributed by atoms with van der Waals surface area (Å²) in [4.78, 5) is 14.5. The average molecular weight is 325 g/mol. The predicted molar refractivity (Wildman–Crippen MR) is 86.0 cm³/mol. The molecule has 2 N–H and O–H groups in total. The Morgan fingerprint density at radius 1 is 1.36 bits per heavy atom. The number of rotatable bonds is 5. The Morgan fingerprint density at radius 2 is 2.23 bits per heavy atom. The lowest BCUT2D eigenvalue weighted by molar-refractivity contribution is -0.0124. The lowest BCUT2D eigenvalue weighted by Crippen LogP contribution is -2.59. The monoisotopic (exact) mass is 325 g/mol. The van der Waals surface area contributed by atoms with E-state index in [0.29, 0.717) is 13.1 Å². The molecule has 2 saturated heterocycles. The first-order chi connectivity index (χ1) is 10.8. The number of carbonyl (C=O) groups excluding carboxylic acids is 1. The maximum atomic E-state index is 12.0. The Bertz CT molecular complexity index is 468. The molecular formula is C15H23N3O3S. The Morgan fingerprint density at radius 3 is 2.91 bits per heavy atom. The number of hydrogen-bond donors (Lipinski definition) is 2. The van der Waals surface area contributed by atoms with Crippen LogP contribution in [0.25, 0.3) is 0 Å².